The monoisotopic (exact) mass is 631 g/mol. The number of amides is 3. The summed E-state index contributed by atoms with van der Waals surface area (Å²) < 4.78 is 17.6. The quantitative estimate of drug-likeness (QED) is 0.150. The Morgan fingerprint density at radius 1 is 0.936 bits per heavy atom. The number of nitrogens with zero attached hydrogens (tertiary/aromatic N) is 3. The first-order valence-electron chi connectivity index (χ1n) is 15.6. The molecule has 2 N–H and O–H groups in total. The standard InChI is InChI=1S/C36H33N5O6/c1-22-2-9-29-31(18-22)47-35(39-29)24-5-3-23(4-6-24)25-12-13-37-32(20-25)38-14-15-45-16-17-46-27-7-8-28-26(19-27)21-41(36(28)44)30-10-11-33(42)40-34(30)43/h2-9,12-13,18-20,30H,10-11,14-17,21H2,1H3,(H,37,38)(H,40,42,43). The number of carbonyl (C=O) groups excluding carboxylic acids is 3. The number of rotatable bonds is 11. The van der Waals surface area contributed by atoms with Gasteiger partial charge in [-0.25, -0.2) is 9.97 Å². The lowest BCUT2D eigenvalue weighted by molar-refractivity contribution is -0.136. The van der Waals surface area contributed by atoms with E-state index in [0.717, 1.165) is 44.7 Å². The van der Waals surface area contributed by atoms with Gasteiger partial charge in [0.2, 0.25) is 17.7 Å². The van der Waals surface area contributed by atoms with Crippen molar-refractivity contribution in [2.24, 2.45) is 0 Å². The molecule has 3 amide bonds. The number of aromatic nitrogens is 2. The lowest BCUT2D eigenvalue weighted by atomic mass is 10.0. The third-order valence-electron chi connectivity index (χ3n) is 8.31. The second kappa shape index (κ2) is 13.1. The molecule has 11 nitrogen and oxygen atoms in total. The molecule has 0 saturated carbocycles. The molecule has 1 atom stereocenters. The molecule has 7 rings (SSSR count). The zero-order chi connectivity index (χ0) is 32.3. The maximum absolute atomic E-state index is 12.9. The molecule has 0 aliphatic carbocycles. The predicted octanol–water partition coefficient (Wildman–Crippen LogP) is 5.13. The zero-order valence-electron chi connectivity index (χ0n) is 25.8. The highest BCUT2D eigenvalue weighted by molar-refractivity contribution is 6.05. The molecule has 0 spiro atoms. The smallest absolute Gasteiger partial charge is 0.255 e. The molecule has 0 radical (unpaired) electrons. The topological polar surface area (TPSA) is 136 Å². The fraction of sp³-hybridized carbons (Fsp3) is 0.250. The Morgan fingerprint density at radius 2 is 1.79 bits per heavy atom. The molecule has 2 aliphatic rings. The second-order valence-corrected chi connectivity index (χ2v) is 11.6. The fourth-order valence-corrected chi connectivity index (χ4v) is 5.88. The van der Waals surface area contributed by atoms with Crippen molar-refractivity contribution in [1.82, 2.24) is 20.2 Å². The van der Waals surface area contributed by atoms with Crippen molar-refractivity contribution in [3.63, 3.8) is 0 Å². The van der Waals surface area contributed by atoms with E-state index in [-0.39, 0.29) is 18.2 Å². The molecule has 1 unspecified atom stereocenters. The predicted molar refractivity (Wildman–Crippen MR) is 175 cm³/mol. The maximum atomic E-state index is 12.9. The Hall–Kier alpha value is -5.55. The number of piperidine rings is 1. The van der Waals surface area contributed by atoms with Crippen LogP contribution in [0.2, 0.25) is 0 Å². The van der Waals surface area contributed by atoms with Gasteiger partial charge in [-0.2, -0.15) is 0 Å². The van der Waals surface area contributed by atoms with Crippen LogP contribution in [0.4, 0.5) is 5.82 Å². The van der Waals surface area contributed by atoms with E-state index in [9.17, 15) is 14.4 Å². The number of benzene rings is 3. The summed E-state index contributed by atoms with van der Waals surface area (Å²) in [5.74, 6) is 1.04. The van der Waals surface area contributed by atoms with Crippen LogP contribution < -0.4 is 15.4 Å². The largest absolute Gasteiger partial charge is 0.491 e. The molecule has 2 aliphatic heterocycles. The van der Waals surface area contributed by atoms with Crippen LogP contribution in [0.15, 0.2) is 83.4 Å². The normalized spacial score (nSPS) is 16.0. The van der Waals surface area contributed by atoms with Gasteiger partial charge in [0.25, 0.3) is 5.91 Å². The van der Waals surface area contributed by atoms with E-state index in [1.807, 2.05) is 67.6 Å². The van der Waals surface area contributed by atoms with Gasteiger partial charge >= 0.3 is 0 Å². The number of nitrogens with one attached hydrogen (secondary N) is 2. The number of anilines is 1. The van der Waals surface area contributed by atoms with Gasteiger partial charge in [-0.15, -0.1) is 0 Å². The summed E-state index contributed by atoms with van der Waals surface area (Å²) >= 11 is 0. The third-order valence-corrected chi connectivity index (χ3v) is 8.31. The number of hydrogen-bond acceptors (Lipinski definition) is 9. The minimum absolute atomic E-state index is 0.207. The second-order valence-electron chi connectivity index (χ2n) is 11.6. The van der Waals surface area contributed by atoms with Gasteiger partial charge in [0.1, 0.15) is 29.7 Å². The first-order valence-corrected chi connectivity index (χ1v) is 15.6. The number of fused-ring (bicyclic) bond motifs is 2. The highest BCUT2D eigenvalue weighted by Crippen LogP contribution is 2.31. The van der Waals surface area contributed by atoms with Gasteiger partial charge in [-0.05, 0) is 90.2 Å². The van der Waals surface area contributed by atoms with Crippen LogP contribution in [0.25, 0.3) is 33.7 Å². The SMILES string of the molecule is Cc1ccc2nc(-c3ccc(-c4ccnc(NCCOCCOc5ccc6c(c5)CN(C5CCC(=O)NC5=O)C6=O)c4)cc3)oc2c1. The summed E-state index contributed by atoms with van der Waals surface area (Å²) in [5.41, 5.74) is 7.11. The molecule has 1 saturated heterocycles. The van der Waals surface area contributed by atoms with Crippen molar-refractivity contribution >= 4 is 34.6 Å². The van der Waals surface area contributed by atoms with Crippen LogP contribution in [0.5, 0.6) is 5.75 Å². The van der Waals surface area contributed by atoms with E-state index in [2.05, 4.69) is 20.6 Å². The minimum atomic E-state index is -0.639. The Bertz CT molecular complexity index is 1970. The number of imide groups is 1. The highest BCUT2D eigenvalue weighted by Gasteiger charge is 2.39. The Balaban J connectivity index is 0.851. The highest BCUT2D eigenvalue weighted by atomic mass is 16.5. The van der Waals surface area contributed by atoms with E-state index in [4.69, 9.17) is 13.9 Å². The lowest BCUT2D eigenvalue weighted by Gasteiger charge is -2.29. The van der Waals surface area contributed by atoms with Crippen LogP contribution >= 0.6 is 0 Å². The Kier molecular flexibility index (Phi) is 8.36. The van der Waals surface area contributed by atoms with Gasteiger partial charge in [-0.3, -0.25) is 19.7 Å². The van der Waals surface area contributed by atoms with E-state index >= 15 is 0 Å². The first-order chi connectivity index (χ1) is 22.9. The van der Waals surface area contributed by atoms with Gasteiger partial charge in [-0.1, -0.05) is 18.2 Å². The van der Waals surface area contributed by atoms with Crippen LogP contribution in [0.3, 0.4) is 0 Å². The molecule has 2 aromatic heterocycles. The summed E-state index contributed by atoms with van der Waals surface area (Å²) in [6.07, 6.45) is 2.33. The van der Waals surface area contributed by atoms with Gasteiger partial charge in [0.05, 0.1) is 13.2 Å². The van der Waals surface area contributed by atoms with E-state index in [1.54, 1.807) is 18.3 Å². The molecule has 47 heavy (non-hydrogen) atoms. The van der Waals surface area contributed by atoms with Crippen molar-refractivity contribution in [3.05, 3.63) is 95.7 Å². The zero-order valence-corrected chi connectivity index (χ0v) is 25.8. The van der Waals surface area contributed by atoms with Crippen molar-refractivity contribution in [3.8, 4) is 28.3 Å². The van der Waals surface area contributed by atoms with Crippen molar-refractivity contribution in [1.29, 1.82) is 0 Å². The van der Waals surface area contributed by atoms with Crippen LogP contribution in [-0.4, -0.2) is 65.0 Å². The number of pyridine rings is 1. The van der Waals surface area contributed by atoms with Crippen LogP contribution in [0.1, 0.15) is 34.3 Å². The molecule has 4 heterocycles. The first kappa shape index (κ1) is 30.1. The fourth-order valence-electron chi connectivity index (χ4n) is 5.88. The van der Waals surface area contributed by atoms with Crippen LogP contribution in [-0.2, 0) is 20.9 Å². The number of oxazole rings is 1. The Morgan fingerprint density at radius 3 is 2.64 bits per heavy atom. The van der Waals surface area contributed by atoms with E-state index in [1.165, 1.54) is 4.90 Å². The summed E-state index contributed by atoms with van der Waals surface area (Å²) in [6.45, 7) is 4.11. The average molecular weight is 632 g/mol. The molecule has 11 heteroatoms. The van der Waals surface area contributed by atoms with Gasteiger partial charge in [0.15, 0.2) is 5.58 Å². The van der Waals surface area contributed by atoms with Crippen molar-refractivity contribution < 1.29 is 28.3 Å². The van der Waals surface area contributed by atoms with E-state index in [0.29, 0.717) is 56.5 Å². The molecule has 5 aromatic rings. The maximum Gasteiger partial charge on any atom is 0.255 e. The van der Waals surface area contributed by atoms with Gasteiger partial charge < -0.3 is 24.1 Å². The summed E-state index contributed by atoms with van der Waals surface area (Å²) in [4.78, 5) is 47.2. The van der Waals surface area contributed by atoms with E-state index < -0.39 is 11.9 Å². The summed E-state index contributed by atoms with van der Waals surface area (Å²) in [6, 6.07) is 22.7. The van der Waals surface area contributed by atoms with Crippen molar-refractivity contribution in [2.45, 2.75) is 32.4 Å². The number of hydrogen-bond donors (Lipinski definition) is 2. The molecular weight excluding hydrogens is 598 g/mol. The summed E-state index contributed by atoms with van der Waals surface area (Å²) in [7, 11) is 0. The average Bonchev–Trinajstić information content (AvgIpc) is 3.64. The molecule has 3 aromatic carbocycles. The third kappa shape index (κ3) is 6.56. The van der Waals surface area contributed by atoms with Crippen LogP contribution in [0, 0.1) is 6.92 Å². The van der Waals surface area contributed by atoms with Gasteiger partial charge in [0, 0.05) is 36.8 Å². The Labute approximate surface area is 270 Å². The molecule has 238 valence electrons. The number of aryl methyl sites for hydroxylation is 1. The lowest BCUT2D eigenvalue weighted by Crippen LogP contribution is -2.52. The minimum Gasteiger partial charge on any atom is -0.491 e. The summed E-state index contributed by atoms with van der Waals surface area (Å²) in [5, 5.41) is 5.62. The molecule has 1 fully saturated rings. The number of ether oxygens (including phenoxy) is 2. The molecule has 0 bridgehead atoms. The van der Waals surface area contributed by atoms with Crippen molar-refractivity contribution in [2.75, 3.05) is 31.7 Å². The molecular formula is C36H33N5O6. The number of carbonyl (C=O) groups is 3.